The number of amides is 2. The van der Waals surface area contributed by atoms with Crippen molar-refractivity contribution in [1.29, 1.82) is 5.26 Å². The van der Waals surface area contributed by atoms with Crippen LogP contribution in [-0.2, 0) is 9.59 Å². The predicted octanol–water partition coefficient (Wildman–Crippen LogP) is 4.12. The molecule has 0 saturated carbocycles. The molecule has 1 aromatic carbocycles. The minimum Gasteiger partial charge on any atom is -0.493 e. The van der Waals surface area contributed by atoms with Crippen LogP contribution in [0.5, 0.6) is 11.5 Å². The molecule has 0 spiro atoms. The van der Waals surface area contributed by atoms with E-state index in [2.05, 4.69) is 13.8 Å². The van der Waals surface area contributed by atoms with Crippen LogP contribution >= 0.6 is 0 Å². The molecule has 154 valence electrons. The molecule has 2 rings (SSSR count). The van der Waals surface area contributed by atoms with Gasteiger partial charge in [0.1, 0.15) is 11.6 Å². The van der Waals surface area contributed by atoms with E-state index in [1.165, 1.54) is 0 Å². The van der Waals surface area contributed by atoms with Crippen LogP contribution in [0.1, 0.15) is 46.1 Å². The number of carbonyl (C=O) groups excluding carboxylic acids is 2. The number of nitriles is 1. The number of hydrogen-bond donors (Lipinski definition) is 0. The number of benzene rings is 1. The van der Waals surface area contributed by atoms with Crippen molar-refractivity contribution in [3.05, 3.63) is 40.5 Å². The van der Waals surface area contributed by atoms with Gasteiger partial charge in [-0.15, -0.1) is 0 Å². The highest BCUT2D eigenvalue weighted by molar-refractivity contribution is 6.19. The van der Waals surface area contributed by atoms with Crippen LogP contribution in [0, 0.1) is 17.2 Å². The van der Waals surface area contributed by atoms with Crippen LogP contribution in [-0.4, -0.2) is 37.0 Å². The lowest BCUT2D eigenvalue weighted by molar-refractivity contribution is -0.140. The zero-order valence-electron chi connectivity index (χ0n) is 17.7. The van der Waals surface area contributed by atoms with Crippen molar-refractivity contribution in [2.24, 2.45) is 5.92 Å². The maximum absolute atomic E-state index is 12.9. The summed E-state index contributed by atoms with van der Waals surface area (Å²) in [5.74, 6) is 0.832. The molecular weight excluding hydrogens is 368 g/mol. The second kappa shape index (κ2) is 9.92. The maximum atomic E-state index is 12.9. The lowest BCUT2D eigenvalue weighted by Crippen LogP contribution is -2.43. The van der Waals surface area contributed by atoms with Gasteiger partial charge in [-0.25, -0.2) is 0 Å². The molecule has 1 aromatic rings. The lowest BCUT2D eigenvalue weighted by Gasteiger charge is -2.27. The Morgan fingerprint density at radius 3 is 2.52 bits per heavy atom. The van der Waals surface area contributed by atoms with Crippen molar-refractivity contribution < 1.29 is 19.1 Å². The summed E-state index contributed by atoms with van der Waals surface area (Å²) in [6.07, 6.45) is 3.24. The van der Waals surface area contributed by atoms with Gasteiger partial charge in [0, 0.05) is 12.1 Å². The molecule has 6 heteroatoms. The quantitative estimate of drug-likeness (QED) is 0.488. The third-order valence-electron chi connectivity index (χ3n) is 4.72. The predicted molar refractivity (Wildman–Crippen MR) is 111 cm³/mol. The van der Waals surface area contributed by atoms with Gasteiger partial charge in [0.25, 0.3) is 11.8 Å². The van der Waals surface area contributed by atoms with Crippen molar-refractivity contribution in [2.75, 3.05) is 20.3 Å². The van der Waals surface area contributed by atoms with E-state index in [-0.39, 0.29) is 18.0 Å². The summed E-state index contributed by atoms with van der Waals surface area (Å²) in [4.78, 5) is 26.4. The van der Waals surface area contributed by atoms with E-state index in [1.807, 2.05) is 19.1 Å². The number of methoxy groups -OCH3 is 1. The molecule has 1 heterocycles. The van der Waals surface area contributed by atoms with E-state index in [0.29, 0.717) is 41.6 Å². The Balaban J connectivity index is 2.40. The average molecular weight is 396 g/mol. The molecule has 6 nitrogen and oxygen atoms in total. The average Bonchev–Trinajstić information content (AvgIpc) is 2.69. The van der Waals surface area contributed by atoms with E-state index < -0.39 is 5.91 Å². The molecule has 2 amide bonds. The van der Waals surface area contributed by atoms with E-state index in [9.17, 15) is 14.9 Å². The van der Waals surface area contributed by atoms with Crippen molar-refractivity contribution in [3.8, 4) is 17.6 Å². The van der Waals surface area contributed by atoms with Crippen LogP contribution in [0.25, 0.3) is 6.08 Å². The smallest absolute Gasteiger partial charge is 0.271 e. The fourth-order valence-corrected chi connectivity index (χ4v) is 3.02. The zero-order valence-corrected chi connectivity index (χ0v) is 17.7. The number of hydrogen-bond acceptors (Lipinski definition) is 5. The van der Waals surface area contributed by atoms with Crippen LogP contribution in [0.2, 0.25) is 0 Å². The summed E-state index contributed by atoms with van der Waals surface area (Å²) < 4.78 is 11.2. The summed E-state index contributed by atoms with van der Waals surface area (Å²) in [6.45, 7) is 8.64. The Morgan fingerprint density at radius 2 is 1.93 bits per heavy atom. The SMILES string of the molecule is CCCN1C(=O)C(C#N)=C(C)/C(=C\c2ccc(OCCC(C)C)c(OC)c2)C1=O. The molecule has 0 aromatic heterocycles. The molecule has 0 unspecified atom stereocenters. The summed E-state index contributed by atoms with van der Waals surface area (Å²) >= 11 is 0. The van der Waals surface area contributed by atoms with Gasteiger partial charge < -0.3 is 9.47 Å². The Morgan fingerprint density at radius 1 is 1.21 bits per heavy atom. The van der Waals surface area contributed by atoms with Gasteiger partial charge in [-0.05, 0) is 55.0 Å². The second-order valence-electron chi connectivity index (χ2n) is 7.37. The van der Waals surface area contributed by atoms with Gasteiger partial charge >= 0.3 is 0 Å². The Bertz CT molecular complexity index is 891. The third-order valence-corrected chi connectivity index (χ3v) is 4.72. The largest absolute Gasteiger partial charge is 0.493 e. The molecule has 0 fully saturated rings. The number of imide groups is 1. The van der Waals surface area contributed by atoms with Crippen molar-refractivity contribution in [2.45, 2.75) is 40.5 Å². The Kier molecular flexibility index (Phi) is 7.60. The van der Waals surface area contributed by atoms with E-state index in [4.69, 9.17) is 9.47 Å². The van der Waals surface area contributed by atoms with Crippen molar-refractivity contribution >= 4 is 17.9 Å². The fourth-order valence-electron chi connectivity index (χ4n) is 3.02. The van der Waals surface area contributed by atoms with E-state index in [1.54, 1.807) is 32.2 Å². The van der Waals surface area contributed by atoms with Gasteiger partial charge in [0.05, 0.1) is 13.7 Å². The first-order valence-electron chi connectivity index (χ1n) is 9.84. The van der Waals surface area contributed by atoms with Crippen molar-refractivity contribution in [3.63, 3.8) is 0 Å². The summed E-state index contributed by atoms with van der Waals surface area (Å²) in [6, 6.07) is 7.36. The van der Waals surface area contributed by atoms with Crippen molar-refractivity contribution in [1.82, 2.24) is 4.90 Å². The molecule has 1 aliphatic rings. The highest BCUT2D eigenvalue weighted by Gasteiger charge is 2.34. The van der Waals surface area contributed by atoms with Crippen LogP contribution in [0.3, 0.4) is 0 Å². The van der Waals surface area contributed by atoms with E-state index in [0.717, 1.165) is 16.9 Å². The molecule has 0 saturated heterocycles. The first-order valence-corrected chi connectivity index (χ1v) is 9.84. The molecule has 29 heavy (non-hydrogen) atoms. The third kappa shape index (κ3) is 5.05. The number of ether oxygens (including phenoxy) is 2. The van der Waals surface area contributed by atoms with Gasteiger partial charge in [0.15, 0.2) is 11.5 Å². The van der Waals surface area contributed by atoms with E-state index >= 15 is 0 Å². The minimum absolute atomic E-state index is 0.00454. The number of nitrogens with zero attached hydrogens (tertiary/aromatic N) is 2. The van der Waals surface area contributed by atoms with Gasteiger partial charge in [-0.1, -0.05) is 26.8 Å². The first kappa shape index (κ1) is 22.2. The molecule has 0 N–H and O–H groups in total. The zero-order chi connectivity index (χ0) is 21.6. The van der Waals surface area contributed by atoms with Gasteiger partial charge in [-0.2, -0.15) is 5.26 Å². The topological polar surface area (TPSA) is 79.6 Å². The minimum atomic E-state index is -0.527. The van der Waals surface area contributed by atoms with Crippen LogP contribution < -0.4 is 9.47 Å². The standard InChI is InChI=1S/C23H28N2O4/c1-6-10-25-22(26)18(16(4)19(14-24)23(25)27)12-17-7-8-20(21(13-17)28-5)29-11-9-15(2)3/h7-8,12-13,15H,6,9-11H2,1-5H3/b18-12+. The maximum Gasteiger partial charge on any atom is 0.271 e. The molecule has 0 atom stereocenters. The molecule has 0 bridgehead atoms. The Labute approximate surface area is 172 Å². The second-order valence-corrected chi connectivity index (χ2v) is 7.37. The summed E-state index contributed by atoms with van der Waals surface area (Å²) in [7, 11) is 1.56. The monoisotopic (exact) mass is 396 g/mol. The highest BCUT2D eigenvalue weighted by atomic mass is 16.5. The van der Waals surface area contributed by atoms with Crippen LogP contribution in [0.4, 0.5) is 0 Å². The summed E-state index contributed by atoms with van der Waals surface area (Å²) in [5.41, 5.74) is 1.46. The normalized spacial score (nSPS) is 15.9. The van der Waals surface area contributed by atoms with Gasteiger partial charge in [-0.3, -0.25) is 14.5 Å². The first-order chi connectivity index (χ1) is 13.8. The summed E-state index contributed by atoms with van der Waals surface area (Å²) in [5, 5.41) is 9.40. The molecule has 0 aliphatic carbocycles. The fraction of sp³-hybridized carbons (Fsp3) is 0.435. The number of carbonyl (C=O) groups is 2. The number of rotatable bonds is 8. The lowest BCUT2D eigenvalue weighted by atomic mass is 9.93. The molecule has 0 radical (unpaired) electrons. The van der Waals surface area contributed by atoms with Crippen LogP contribution in [0.15, 0.2) is 34.9 Å². The Hall–Kier alpha value is -3.07. The molecule has 1 aliphatic heterocycles. The van der Waals surface area contributed by atoms with Gasteiger partial charge in [0.2, 0.25) is 0 Å². The highest BCUT2D eigenvalue weighted by Crippen LogP contribution is 2.32. The molecular formula is C23H28N2O4.